The van der Waals surface area contributed by atoms with Crippen LogP contribution in [0.4, 0.5) is 0 Å². The number of aromatic amines is 1. The molecule has 3 aromatic rings. The van der Waals surface area contributed by atoms with Crippen LogP contribution in [0, 0.1) is 18.7 Å². The van der Waals surface area contributed by atoms with Crippen molar-refractivity contribution in [2.75, 3.05) is 6.54 Å². The van der Waals surface area contributed by atoms with E-state index in [1.54, 1.807) is 38.1 Å². The number of aliphatic hydroxyl groups is 1. The van der Waals surface area contributed by atoms with Crippen molar-refractivity contribution in [2.24, 2.45) is 0 Å². The standard InChI is InChI=1S/C17H18N2O4S/c1-9-6-12(10(2)22-9)17(3,21)8-18-15(20)11-4-5-13-14(7-11)23-16(24)19-13/h4-7,21H,8H2,1-3H3,(H,18,20)(H,19,24). The molecule has 0 aliphatic rings. The van der Waals surface area contributed by atoms with Crippen LogP contribution in [-0.4, -0.2) is 22.5 Å². The Hall–Kier alpha value is -2.38. The van der Waals surface area contributed by atoms with Crippen LogP contribution in [0.2, 0.25) is 0 Å². The van der Waals surface area contributed by atoms with Gasteiger partial charge in [-0.3, -0.25) is 4.79 Å². The molecule has 0 fully saturated rings. The Labute approximate surface area is 143 Å². The first-order chi connectivity index (χ1) is 11.3. The van der Waals surface area contributed by atoms with Crippen LogP contribution < -0.4 is 5.32 Å². The molecule has 0 aliphatic heterocycles. The van der Waals surface area contributed by atoms with Gasteiger partial charge in [-0.05, 0) is 57.3 Å². The largest absolute Gasteiger partial charge is 0.466 e. The number of aryl methyl sites for hydroxylation is 2. The molecule has 7 heteroatoms. The summed E-state index contributed by atoms with van der Waals surface area (Å²) in [6.07, 6.45) is 0. The topological polar surface area (TPSA) is 91.4 Å². The molecule has 2 aromatic heterocycles. The van der Waals surface area contributed by atoms with Gasteiger partial charge in [-0.25, -0.2) is 0 Å². The molecule has 6 nitrogen and oxygen atoms in total. The lowest BCUT2D eigenvalue weighted by molar-refractivity contribution is 0.0514. The number of hydrogen-bond donors (Lipinski definition) is 3. The van der Waals surface area contributed by atoms with Crippen LogP contribution in [-0.2, 0) is 5.60 Å². The Morgan fingerprint density at radius 2 is 2.08 bits per heavy atom. The number of carbonyl (C=O) groups excluding carboxylic acids is 1. The number of oxazole rings is 1. The zero-order chi connectivity index (χ0) is 17.5. The molecule has 0 aliphatic carbocycles. The summed E-state index contributed by atoms with van der Waals surface area (Å²) in [7, 11) is 0. The number of amides is 1. The van der Waals surface area contributed by atoms with E-state index in [-0.39, 0.29) is 17.3 Å². The van der Waals surface area contributed by atoms with E-state index in [0.29, 0.717) is 28.2 Å². The molecular formula is C17H18N2O4S. The second-order valence-corrected chi connectivity index (χ2v) is 6.38. The number of rotatable bonds is 4. The lowest BCUT2D eigenvalue weighted by atomic mass is 9.96. The predicted molar refractivity (Wildman–Crippen MR) is 91.5 cm³/mol. The van der Waals surface area contributed by atoms with Gasteiger partial charge in [-0.1, -0.05) is 0 Å². The van der Waals surface area contributed by atoms with Gasteiger partial charge in [0.25, 0.3) is 10.7 Å². The monoisotopic (exact) mass is 346 g/mol. The van der Waals surface area contributed by atoms with Gasteiger partial charge in [0.2, 0.25) is 0 Å². The maximum absolute atomic E-state index is 12.3. The SMILES string of the molecule is Cc1cc(C(C)(O)CNC(=O)c2ccc3[nH]c(=S)oc3c2)c(C)o1. The third kappa shape index (κ3) is 3.13. The van der Waals surface area contributed by atoms with Gasteiger partial charge in [-0.2, -0.15) is 0 Å². The predicted octanol–water partition coefficient (Wildman–Crippen LogP) is 3.34. The van der Waals surface area contributed by atoms with Gasteiger partial charge in [-0.15, -0.1) is 0 Å². The van der Waals surface area contributed by atoms with E-state index in [2.05, 4.69) is 10.3 Å². The number of fused-ring (bicyclic) bond motifs is 1. The second-order valence-electron chi connectivity index (χ2n) is 6.01. The van der Waals surface area contributed by atoms with Crippen molar-refractivity contribution < 1.29 is 18.7 Å². The Morgan fingerprint density at radius 3 is 2.75 bits per heavy atom. The fourth-order valence-electron chi connectivity index (χ4n) is 2.70. The number of H-pyrrole nitrogens is 1. The number of hydrogen-bond acceptors (Lipinski definition) is 5. The molecule has 1 unspecified atom stereocenters. The summed E-state index contributed by atoms with van der Waals surface area (Å²) in [6, 6.07) is 6.78. The van der Waals surface area contributed by atoms with E-state index in [1.807, 2.05) is 6.92 Å². The van der Waals surface area contributed by atoms with Crippen molar-refractivity contribution in [1.82, 2.24) is 10.3 Å². The van der Waals surface area contributed by atoms with Gasteiger partial charge in [0, 0.05) is 11.1 Å². The molecule has 3 rings (SSSR count). The van der Waals surface area contributed by atoms with Crippen LogP contribution >= 0.6 is 12.2 Å². The Kier molecular flexibility index (Phi) is 4.06. The Morgan fingerprint density at radius 1 is 1.33 bits per heavy atom. The molecule has 24 heavy (non-hydrogen) atoms. The van der Waals surface area contributed by atoms with E-state index in [9.17, 15) is 9.90 Å². The van der Waals surface area contributed by atoms with Crippen molar-refractivity contribution in [3.63, 3.8) is 0 Å². The minimum atomic E-state index is -1.23. The molecule has 0 radical (unpaired) electrons. The average molecular weight is 346 g/mol. The first kappa shape index (κ1) is 16.5. The molecule has 0 saturated carbocycles. The summed E-state index contributed by atoms with van der Waals surface area (Å²) in [6.45, 7) is 5.29. The second kappa shape index (κ2) is 5.92. The van der Waals surface area contributed by atoms with Crippen LogP contribution in [0.25, 0.3) is 11.1 Å². The van der Waals surface area contributed by atoms with E-state index in [4.69, 9.17) is 21.1 Å². The van der Waals surface area contributed by atoms with E-state index in [1.165, 1.54) is 0 Å². The van der Waals surface area contributed by atoms with Crippen molar-refractivity contribution >= 4 is 29.2 Å². The van der Waals surface area contributed by atoms with E-state index < -0.39 is 5.60 Å². The Bertz CT molecular complexity index is 965. The number of nitrogens with one attached hydrogen (secondary N) is 2. The molecule has 126 valence electrons. The van der Waals surface area contributed by atoms with Crippen LogP contribution in [0.5, 0.6) is 0 Å². The third-order valence-electron chi connectivity index (χ3n) is 3.90. The van der Waals surface area contributed by atoms with E-state index >= 15 is 0 Å². The van der Waals surface area contributed by atoms with Gasteiger partial charge >= 0.3 is 0 Å². The zero-order valence-electron chi connectivity index (χ0n) is 13.6. The zero-order valence-corrected chi connectivity index (χ0v) is 14.4. The smallest absolute Gasteiger partial charge is 0.266 e. The molecule has 1 amide bonds. The summed E-state index contributed by atoms with van der Waals surface area (Å²) in [5.41, 5.74) is 1.10. The fourth-order valence-corrected chi connectivity index (χ4v) is 2.90. The summed E-state index contributed by atoms with van der Waals surface area (Å²) in [5.74, 6) is 1.04. The summed E-state index contributed by atoms with van der Waals surface area (Å²) in [4.78, 5) is 15.5. The maximum atomic E-state index is 12.3. The molecule has 0 bridgehead atoms. The summed E-state index contributed by atoms with van der Waals surface area (Å²) >= 11 is 4.93. The fraction of sp³-hybridized carbons (Fsp3) is 0.294. The van der Waals surface area contributed by atoms with Gasteiger partial charge < -0.3 is 24.2 Å². The van der Waals surface area contributed by atoms with Gasteiger partial charge in [0.05, 0.1) is 12.1 Å². The summed E-state index contributed by atoms with van der Waals surface area (Å²) < 4.78 is 10.8. The first-order valence-electron chi connectivity index (χ1n) is 7.47. The van der Waals surface area contributed by atoms with Crippen molar-refractivity contribution in [3.05, 3.63) is 51.8 Å². The minimum absolute atomic E-state index is 0.0558. The van der Waals surface area contributed by atoms with Gasteiger partial charge in [0.1, 0.15) is 17.1 Å². The van der Waals surface area contributed by atoms with Gasteiger partial charge in [0.15, 0.2) is 5.58 Å². The maximum Gasteiger partial charge on any atom is 0.266 e. The molecule has 3 N–H and O–H groups in total. The van der Waals surface area contributed by atoms with Crippen molar-refractivity contribution in [2.45, 2.75) is 26.4 Å². The van der Waals surface area contributed by atoms with Crippen molar-refractivity contribution in [3.8, 4) is 0 Å². The Balaban J connectivity index is 1.76. The molecule has 2 heterocycles. The van der Waals surface area contributed by atoms with Crippen LogP contribution in [0.3, 0.4) is 0 Å². The molecule has 1 atom stereocenters. The third-order valence-corrected chi connectivity index (χ3v) is 4.08. The number of aromatic nitrogens is 1. The summed E-state index contributed by atoms with van der Waals surface area (Å²) in [5, 5.41) is 13.4. The quantitative estimate of drug-likeness (QED) is 0.630. The highest BCUT2D eigenvalue weighted by atomic mass is 32.1. The average Bonchev–Trinajstić information content (AvgIpc) is 3.05. The lowest BCUT2D eigenvalue weighted by Gasteiger charge is -2.23. The normalized spacial score (nSPS) is 13.8. The minimum Gasteiger partial charge on any atom is -0.466 e. The number of benzene rings is 1. The van der Waals surface area contributed by atoms with Crippen LogP contribution in [0.1, 0.15) is 34.4 Å². The number of carbonyl (C=O) groups is 1. The first-order valence-corrected chi connectivity index (χ1v) is 7.88. The number of furan rings is 1. The molecule has 0 spiro atoms. The lowest BCUT2D eigenvalue weighted by Crippen LogP contribution is -2.38. The molecule has 1 aromatic carbocycles. The van der Waals surface area contributed by atoms with Crippen molar-refractivity contribution in [1.29, 1.82) is 0 Å². The van der Waals surface area contributed by atoms with E-state index in [0.717, 1.165) is 5.52 Å². The molecule has 0 saturated heterocycles. The van der Waals surface area contributed by atoms with Crippen LogP contribution in [0.15, 0.2) is 33.1 Å². The molecular weight excluding hydrogens is 328 g/mol. The highest BCUT2D eigenvalue weighted by Gasteiger charge is 2.28. The highest BCUT2D eigenvalue weighted by molar-refractivity contribution is 7.71. The highest BCUT2D eigenvalue weighted by Crippen LogP contribution is 2.26.